The molecule has 0 saturated carbocycles. The van der Waals surface area contributed by atoms with Crippen LogP contribution in [-0.4, -0.2) is 23.9 Å². The molecule has 0 spiro atoms. The zero-order valence-corrected chi connectivity index (χ0v) is 23.8. The second-order valence-corrected chi connectivity index (χ2v) is 12.3. The minimum atomic E-state index is -3.81. The van der Waals surface area contributed by atoms with E-state index in [-0.39, 0.29) is 35.5 Å². The van der Waals surface area contributed by atoms with Gasteiger partial charge in [0.2, 0.25) is 15.9 Å². The van der Waals surface area contributed by atoms with Crippen molar-refractivity contribution in [2.24, 2.45) is 7.05 Å². The van der Waals surface area contributed by atoms with Crippen molar-refractivity contribution in [3.05, 3.63) is 112 Å². The number of aryl methyl sites for hydroxylation is 2. The van der Waals surface area contributed by atoms with Gasteiger partial charge < -0.3 is 9.47 Å². The molecule has 4 aromatic rings. The van der Waals surface area contributed by atoms with Gasteiger partial charge in [-0.1, -0.05) is 42.8 Å². The first-order chi connectivity index (χ1) is 19.1. The maximum Gasteiger partial charge on any atom is 0.241 e. The summed E-state index contributed by atoms with van der Waals surface area (Å²) in [4.78, 5) is 19.9. The molecule has 1 aromatic heterocycles. The van der Waals surface area contributed by atoms with Crippen molar-refractivity contribution in [2.45, 2.75) is 49.6 Å². The molecule has 0 bridgehead atoms. The minimum Gasteiger partial charge on any atom is -0.337 e. The Morgan fingerprint density at radius 3 is 2.65 bits per heavy atom. The van der Waals surface area contributed by atoms with Gasteiger partial charge in [0, 0.05) is 42.6 Å². The van der Waals surface area contributed by atoms with E-state index in [2.05, 4.69) is 9.71 Å². The molecular formula is C30H30ClFN4O3S. The summed E-state index contributed by atoms with van der Waals surface area (Å²) in [5, 5.41) is 0.343. The van der Waals surface area contributed by atoms with Gasteiger partial charge in [-0.15, -0.1) is 0 Å². The van der Waals surface area contributed by atoms with Crippen LogP contribution in [0, 0.1) is 5.82 Å². The molecule has 0 unspecified atom stereocenters. The van der Waals surface area contributed by atoms with Crippen LogP contribution in [0.5, 0.6) is 0 Å². The number of benzene rings is 3. The van der Waals surface area contributed by atoms with Crippen molar-refractivity contribution < 1.29 is 17.6 Å². The molecule has 0 aliphatic heterocycles. The van der Waals surface area contributed by atoms with Gasteiger partial charge >= 0.3 is 0 Å². The van der Waals surface area contributed by atoms with E-state index in [4.69, 9.17) is 11.6 Å². The third-order valence-electron chi connectivity index (χ3n) is 7.36. The van der Waals surface area contributed by atoms with E-state index < -0.39 is 16.1 Å². The standard InChI is InChI=1S/C30H30ClFN4O3S/c1-20(21-6-10-24(32)11-7-21)16-30(37)36(19-29-33-14-15-35(29)2)25-12-8-22-9-13-28(27(22)18-25)34-40(38,39)26-5-3-4-23(31)17-26/h3-8,10-12,14-15,17-18,20,28,34H,9,13,16,19H2,1-2H3/t20-,28+/m0/s1. The summed E-state index contributed by atoms with van der Waals surface area (Å²) in [5.41, 5.74) is 3.40. The van der Waals surface area contributed by atoms with Gasteiger partial charge in [-0.3, -0.25) is 4.79 Å². The summed E-state index contributed by atoms with van der Waals surface area (Å²) in [6.07, 6.45) is 5.03. The van der Waals surface area contributed by atoms with Crippen LogP contribution >= 0.6 is 11.6 Å². The van der Waals surface area contributed by atoms with E-state index in [0.29, 0.717) is 29.4 Å². The first-order valence-electron chi connectivity index (χ1n) is 13.0. The topological polar surface area (TPSA) is 84.3 Å². The number of nitrogens with one attached hydrogen (secondary N) is 1. The van der Waals surface area contributed by atoms with Crippen LogP contribution in [0.2, 0.25) is 5.02 Å². The number of nitrogens with zero attached hydrogens (tertiary/aromatic N) is 3. The van der Waals surface area contributed by atoms with Crippen LogP contribution in [0.25, 0.3) is 0 Å². The normalized spacial score (nSPS) is 15.6. The van der Waals surface area contributed by atoms with Crippen LogP contribution in [0.15, 0.2) is 84.0 Å². The number of imidazole rings is 1. The minimum absolute atomic E-state index is 0.103. The summed E-state index contributed by atoms with van der Waals surface area (Å²) in [5.74, 6) is 0.136. The number of rotatable bonds is 9. The van der Waals surface area contributed by atoms with Crippen molar-refractivity contribution in [1.29, 1.82) is 0 Å². The third kappa shape index (κ3) is 6.11. The fourth-order valence-corrected chi connectivity index (χ4v) is 6.61. The van der Waals surface area contributed by atoms with Gasteiger partial charge in [0.15, 0.2) is 0 Å². The predicted molar refractivity (Wildman–Crippen MR) is 153 cm³/mol. The largest absolute Gasteiger partial charge is 0.337 e. The number of sulfonamides is 1. The number of carbonyl (C=O) groups excluding carboxylic acids is 1. The molecule has 208 valence electrons. The second-order valence-electron chi connectivity index (χ2n) is 10.1. The molecule has 1 amide bonds. The molecule has 0 radical (unpaired) electrons. The average molecular weight is 581 g/mol. The molecule has 5 rings (SSSR count). The van der Waals surface area contributed by atoms with Gasteiger partial charge in [-0.05, 0) is 77.9 Å². The van der Waals surface area contributed by atoms with Crippen LogP contribution in [0.1, 0.15) is 54.2 Å². The first-order valence-corrected chi connectivity index (χ1v) is 14.9. The zero-order chi connectivity index (χ0) is 28.4. The Labute approximate surface area is 238 Å². The van der Waals surface area contributed by atoms with Gasteiger partial charge in [0.05, 0.1) is 11.4 Å². The quantitative estimate of drug-likeness (QED) is 0.267. The Bertz CT molecular complexity index is 1640. The molecule has 3 aromatic carbocycles. The molecular weight excluding hydrogens is 551 g/mol. The summed E-state index contributed by atoms with van der Waals surface area (Å²) >= 11 is 6.03. The van der Waals surface area contributed by atoms with E-state index in [1.165, 1.54) is 24.3 Å². The third-order valence-corrected chi connectivity index (χ3v) is 9.07. The molecule has 1 heterocycles. The highest BCUT2D eigenvalue weighted by molar-refractivity contribution is 7.89. The lowest BCUT2D eigenvalue weighted by molar-refractivity contribution is -0.119. The monoisotopic (exact) mass is 580 g/mol. The number of anilines is 1. The van der Waals surface area contributed by atoms with Crippen molar-refractivity contribution in [3.63, 3.8) is 0 Å². The van der Waals surface area contributed by atoms with Crippen LogP contribution in [0.4, 0.5) is 10.1 Å². The Morgan fingerprint density at radius 1 is 1.18 bits per heavy atom. The highest BCUT2D eigenvalue weighted by atomic mass is 35.5. The Balaban J connectivity index is 1.43. The molecule has 10 heteroatoms. The number of aromatic nitrogens is 2. The summed E-state index contributed by atoms with van der Waals surface area (Å²) in [6, 6.07) is 17.7. The Hall–Kier alpha value is -3.53. The summed E-state index contributed by atoms with van der Waals surface area (Å²) in [6.45, 7) is 2.18. The van der Waals surface area contributed by atoms with E-state index in [9.17, 15) is 17.6 Å². The van der Waals surface area contributed by atoms with E-state index in [1.54, 1.807) is 35.4 Å². The number of amides is 1. The number of carbonyl (C=O) groups is 1. The molecule has 2 atom stereocenters. The smallest absolute Gasteiger partial charge is 0.241 e. The molecule has 0 saturated heterocycles. The average Bonchev–Trinajstić information content (AvgIpc) is 3.52. The lowest BCUT2D eigenvalue weighted by atomic mass is 9.97. The van der Waals surface area contributed by atoms with Crippen LogP contribution < -0.4 is 9.62 Å². The van der Waals surface area contributed by atoms with Crippen molar-refractivity contribution in [2.75, 3.05) is 4.90 Å². The van der Waals surface area contributed by atoms with Gasteiger partial charge in [0.1, 0.15) is 11.6 Å². The molecule has 1 aliphatic carbocycles. The van der Waals surface area contributed by atoms with Crippen molar-refractivity contribution in [3.8, 4) is 0 Å². The van der Waals surface area contributed by atoms with E-state index in [0.717, 1.165) is 16.7 Å². The molecule has 1 N–H and O–H groups in total. The predicted octanol–water partition coefficient (Wildman–Crippen LogP) is 5.91. The highest BCUT2D eigenvalue weighted by Gasteiger charge is 2.30. The Morgan fingerprint density at radius 2 is 1.95 bits per heavy atom. The van der Waals surface area contributed by atoms with Gasteiger partial charge in [0.25, 0.3) is 0 Å². The van der Waals surface area contributed by atoms with Crippen molar-refractivity contribution in [1.82, 2.24) is 14.3 Å². The highest BCUT2D eigenvalue weighted by Crippen LogP contribution is 2.36. The molecule has 7 nitrogen and oxygen atoms in total. The lowest BCUT2D eigenvalue weighted by Gasteiger charge is -2.26. The molecule has 1 aliphatic rings. The van der Waals surface area contributed by atoms with Crippen molar-refractivity contribution >= 4 is 33.2 Å². The van der Waals surface area contributed by atoms with Gasteiger partial charge in [-0.2, -0.15) is 0 Å². The van der Waals surface area contributed by atoms with Crippen LogP contribution in [0.3, 0.4) is 0 Å². The fourth-order valence-electron chi connectivity index (χ4n) is 5.06. The SMILES string of the molecule is C[C@@H](CC(=O)N(Cc1nccn1C)c1ccc2c(c1)[C@H](NS(=O)(=O)c1cccc(Cl)c1)CC2)c1ccc(F)cc1. The number of halogens is 2. The lowest BCUT2D eigenvalue weighted by Crippen LogP contribution is -2.32. The van der Waals surface area contributed by atoms with E-state index in [1.807, 2.05) is 42.9 Å². The second kappa shape index (κ2) is 11.5. The van der Waals surface area contributed by atoms with E-state index >= 15 is 0 Å². The van der Waals surface area contributed by atoms with Crippen LogP contribution in [-0.2, 0) is 34.8 Å². The van der Waals surface area contributed by atoms with Gasteiger partial charge in [-0.25, -0.2) is 22.5 Å². The summed E-state index contributed by atoms with van der Waals surface area (Å²) < 4.78 is 44.4. The number of hydrogen-bond donors (Lipinski definition) is 1. The molecule has 0 fully saturated rings. The maximum absolute atomic E-state index is 13.8. The number of fused-ring (bicyclic) bond motifs is 1. The zero-order valence-electron chi connectivity index (χ0n) is 22.2. The fraction of sp³-hybridized carbons (Fsp3) is 0.267. The maximum atomic E-state index is 13.8. The number of hydrogen-bond acceptors (Lipinski definition) is 4. The summed E-state index contributed by atoms with van der Waals surface area (Å²) in [7, 11) is -1.94. The molecule has 40 heavy (non-hydrogen) atoms. The Kier molecular flexibility index (Phi) is 8.07. The first kappa shape index (κ1) is 28.0.